The number of hydrogen-bond donors (Lipinski definition) is 1. The summed E-state index contributed by atoms with van der Waals surface area (Å²) in [5.74, 6) is -0.0386. The van der Waals surface area contributed by atoms with Gasteiger partial charge in [0.1, 0.15) is 23.1 Å². The van der Waals surface area contributed by atoms with Crippen molar-refractivity contribution in [2.45, 2.75) is 24.7 Å². The molecule has 2 aromatic rings. The Morgan fingerprint density at radius 2 is 1.68 bits per heavy atom. The van der Waals surface area contributed by atoms with E-state index < -0.39 is 17.2 Å². The number of nitriles is 1. The summed E-state index contributed by atoms with van der Waals surface area (Å²) >= 11 is 8.26. The van der Waals surface area contributed by atoms with Gasteiger partial charge in [0.25, 0.3) is 0 Å². The lowest BCUT2D eigenvalue weighted by atomic mass is 9.95. The molecule has 0 atom stereocenters. The Morgan fingerprint density at radius 1 is 1.16 bits per heavy atom. The number of rotatable bonds is 6. The minimum absolute atomic E-state index is 0.0725. The van der Waals surface area contributed by atoms with Crippen molar-refractivity contribution in [1.82, 2.24) is 0 Å². The first kappa shape index (κ1) is 26.7. The van der Waals surface area contributed by atoms with E-state index in [2.05, 4.69) is 15.9 Å². The molecule has 1 fully saturated rings. The Labute approximate surface area is 193 Å². The summed E-state index contributed by atoms with van der Waals surface area (Å²) in [5.41, 5.74) is -0.412. The lowest BCUT2D eigenvalue weighted by Crippen LogP contribution is -2.21. The summed E-state index contributed by atoms with van der Waals surface area (Å²) in [6, 6.07) is 10.4. The van der Waals surface area contributed by atoms with E-state index in [4.69, 9.17) is 31.4 Å². The summed E-state index contributed by atoms with van der Waals surface area (Å²) in [5, 5.41) is 18.3. The molecular weight excluding hydrogens is 496 g/mol. The van der Waals surface area contributed by atoms with E-state index in [1.807, 2.05) is 6.07 Å². The highest BCUT2D eigenvalue weighted by atomic mass is 79.9. The second-order valence-electron chi connectivity index (χ2n) is 6.40. The molecule has 0 bridgehead atoms. The van der Waals surface area contributed by atoms with Crippen LogP contribution in [-0.4, -0.2) is 36.5 Å². The van der Waals surface area contributed by atoms with E-state index in [-0.39, 0.29) is 17.8 Å². The first-order chi connectivity index (χ1) is 14.8. The van der Waals surface area contributed by atoms with Crippen LogP contribution in [-0.2, 0) is 16.6 Å². The Balaban J connectivity index is 0.000000270. The lowest BCUT2D eigenvalue weighted by Gasteiger charge is -2.12. The highest BCUT2D eigenvalue weighted by Crippen LogP contribution is 2.49. The van der Waals surface area contributed by atoms with Gasteiger partial charge in [-0.25, -0.2) is 8.78 Å². The third-order valence-electron chi connectivity index (χ3n) is 4.44. The molecule has 1 N–H and O–H groups in total. The molecule has 5 nitrogen and oxygen atoms in total. The van der Waals surface area contributed by atoms with Gasteiger partial charge in [-0.2, -0.15) is 5.26 Å². The number of carboxylic acids is 1. The number of methoxy groups -OCH3 is 2. The molecule has 0 heterocycles. The fourth-order valence-electron chi connectivity index (χ4n) is 2.62. The normalized spacial score (nSPS) is 12.8. The third kappa shape index (κ3) is 7.67. The van der Waals surface area contributed by atoms with E-state index in [9.17, 15) is 13.6 Å². The number of benzene rings is 2. The average molecular weight is 519 g/mol. The quantitative estimate of drug-likeness (QED) is 0.513. The van der Waals surface area contributed by atoms with Crippen molar-refractivity contribution in [3.8, 4) is 17.6 Å². The van der Waals surface area contributed by atoms with Crippen LogP contribution in [0.1, 0.15) is 24.0 Å². The number of halogens is 4. The van der Waals surface area contributed by atoms with E-state index in [0.717, 1.165) is 5.33 Å². The monoisotopic (exact) mass is 517 g/mol. The van der Waals surface area contributed by atoms with Gasteiger partial charge in [-0.05, 0) is 49.2 Å². The summed E-state index contributed by atoms with van der Waals surface area (Å²) in [6.07, 6.45) is 1.06. The zero-order valence-corrected chi connectivity index (χ0v) is 19.5. The van der Waals surface area contributed by atoms with Gasteiger partial charge in [-0.15, -0.1) is 11.6 Å². The van der Waals surface area contributed by atoms with E-state index >= 15 is 0 Å². The molecule has 0 aliphatic heterocycles. The number of carboxylic acid groups (broad SMARTS) is 1. The molecule has 1 aliphatic rings. The maximum absolute atomic E-state index is 13.5. The standard InChI is InChI=1S/C11H11FO3.C9H8FNO.C2H4BrCl/c1-15-7-2-3-9(12)8(6-7)11(4-5-11)10(13)14;1-12-8-2-3-9(10)7(6-8)4-5-11;3-1-2-4/h2-3,6H,4-5H2,1H3,(H,13,14);2-3,6H,4H2,1H3;1-2H2. The molecule has 0 amide bonds. The predicted molar refractivity (Wildman–Crippen MR) is 118 cm³/mol. The van der Waals surface area contributed by atoms with Gasteiger partial charge in [-0.3, -0.25) is 4.79 Å². The van der Waals surface area contributed by atoms with Crippen molar-refractivity contribution in [3.63, 3.8) is 0 Å². The van der Waals surface area contributed by atoms with Gasteiger partial charge in [0.15, 0.2) is 0 Å². The van der Waals surface area contributed by atoms with Gasteiger partial charge >= 0.3 is 5.97 Å². The molecule has 0 saturated heterocycles. The van der Waals surface area contributed by atoms with Crippen LogP contribution in [0.5, 0.6) is 11.5 Å². The molecule has 0 radical (unpaired) electrons. The van der Waals surface area contributed by atoms with E-state index in [0.29, 0.717) is 35.8 Å². The van der Waals surface area contributed by atoms with E-state index in [1.165, 1.54) is 50.6 Å². The molecule has 3 rings (SSSR count). The average Bonchev–Trinajstić information content (AvgIpc) is 3.58. The van der Waals surface area contributed by atoms with Gasteiger partial charge in [0.2, 0.25) is 0 Å². The molecule has 9 heteroatoms. The first-order valence-corrected chi connectivity index (χ1v) is 10.8. The van der Waals surface area contributed by atoms with Crippen LogP contribution >= 0.6 is 27.5 Å². The third-order valence-corrected chi connectivity index (χ3v) is 5.48. The topological polar surface area (TPSA) is 79.6 Å². The van der Waals surface area contributed by atoms with Gasteiger partial charge in [0.05, 0.1) is 32.1 Å². The molecular formula is C22H23BrClF2NO4. The number of ether oxygens (including phenoxy) is 2. The molecule has 0 unspecified atom stereocenters. The number of nitrogens with zero attached hydrogens (tertiary/aromatic N) is 1. The van der Waals surface area contributed by atoms with Crippen molar-refractivity contribution in [3.05, 3.63) is 59.2 Å². The number of alkyl halides is 2. The van der Waals surface area contributed by atoms with Crippen molar-refractivity contribution >= 4 is 33.5 Å². The van der Waals surface area contributed by atoms with Crippen LogP contribution < -0.4 is 9.47 Å². The minimum atomic E-state index is -1.02. The predicted octanol–water partition coefficient (Wildman–Crippen LogP) is 5.47. The van der Waals surface area contributed by atoms with Crippen LogP contribution in [0.3, 0.4) is 0 Å². The Hall–Kier alpha value is -2.37. The van der Waals surface area contributed by atoms with Crippen LogP contribution in [0, 0.1) is 23.0 Å². The Kier molecular flexibility index (Phi) is 11.3. The summed E-state index contributed by atoms with van der Waals surface area (Å²) in [6.45, 7) is 0. The van der Waals surface area contributed by atoms with Crippen LogP contribution in [0.25, 0.3) is 0 Å². The van der Waals surface area contributed by atoms with Crippen molar-refractivity contribution in [1.29, 1.82) is 5.26 Å². The van der Waals surface area contributed by atoms with Crippen molar-refractivity contribution < 1.29 is 28.2 Å². The van der Waals surface area contributed by atoms with Gasteiger partial charge < -0.3 is 14.6 Å². The highest BCUT2D eigenvalue weighted by molar-refractivity contribution is 9.09. The molecule has 1 saturated carbocycles. The fraction of sp³-hybridized carbons (Fsp3) is 0.364. The van der Waals surface area contributed by atoms with Crippen LogP contribution in [0.4, 0.5) is 8.78 Å². The fourth-order valence-corrected chi connectivity index (χ4v) is 2.62. The lowest BCUT2D eigenvalue weighted by molar-refractivity contribution is -0.140. The second-order valence-corrected chi connectivity index (χ2v) is 7.57. The van der Waals surface area contributed by atoms with Gasteiger partial charge in [-0.1, -0.05) is 15.9 Å². The zero-order valence-electron chi connectivity index (χ0n) is 17.1. The van der Waals surface area contributed by atoms with Gasteiger partial charge in [0, 0.05) is 22.3 Å². The maximum atomic E-state index is 13.5. The molecule has 31 heavy (non-hydrogen) atoms. The molecule has 1 aliphatic carbocycles. The molecule has 168 valence electrons. The second kappa shape index (κ2) is 13.1. The Bertz CT molecular complexity index is 915. The molecule has 0 spiro atoms. The molecule has 2 aromatic carbocycles. The maximum Gasteiger partial charge on any atom is 0.314 e. The first-order valence-electron chi connectivity index (χ1n) is 9.18. The smallest absolute Gasteiger partial charge is 0.314 e. The van der Waals surface area contributed by atoms with Crippen LogP contribution in [0.2, 0.25) is 0 Å². The minimum Gasteiger partial charge on any atom is -0.497 e. The van der Waals surface area contributed by atoms with E-state index in [1.54, 1.807) is 0 Å². The molecule has 0 aromatic heterocycles. The van der Waals surface area contributed by atoms with Crippen molar-refractivity contribution in [2.24, 2.45) is 0 Å². The number of carbonyl (C=O) groups is 1. The zero-order chi connectivity index (χ0) is 23.4. The summed E-state index contributed by atoms with van der Waals surface area (Å²) in [7, 11) is 2.97. The van der Waals surface area contributed by atoms with Crippen molar-refractivity contribution in [2.75, 3.05) is 25.4 Å². The summed E-state index contributed by atoms with van der Waals surface area (Å²) in [4.78, 5) is 11.0. The highest BCUT2D eigenvalue weighted by Gasteiger charge is 2.53. The number of hydrogen-bond acceptors (Lipinski definition) is 4. The SMILES string of the molecule is COc1ccc(F)c(C2(C(=O)O)CC2)c1.COc1ccc(F)c(CC#N)c1.ClCCBr. The Morgan fingerprint density at radius 3 is 2.10 bits per heavy atom. The largest absolute Gasteiger partial charge is 0.497 e. The number of aliphatic carboxylic acids is 1. The van der Waals surface area contributed by atoms with Crippen LogP contribution in [0.15, 0.2) is 36.4 Å². The summed E-state index contributed by atoms with van der Waals surface area (Å²) < 4.78 is 36.2.